The van der Waals surface area contributed by atoms with Crippen molar-refractivity contribution in [2.75, 3.05) is 5.32 Å². The summed E-state index contributed by atoms with van der Waals surface area (Å²) in [6.45, 7) is 4.20. The third-order valence-corrected chi connectivity index (χ3v) is 3.95. The van der Waals surface area contributed by atoms with Gasteiger partial charge in [0.1, 0.15) is 5.01 Å². The first-order valence-electron chi connectivity index (χ1n) is 6.05. The van der Waals surface area contributed by atoms with E-state index in [9.17, 15) is 4.79 Å². The fraction of sp³-hybridized carbons (Fsp3) is 0.308. The van der Waals surface area contributed by atoms with Crippen molar-refractivity contribution in [2.45, 2.75) is 20.3 Å². The number of rotatable bonds is 4. The highest BCUT2D eigenvalue weighted by molar-refractivity contribution is 7.15. The molecule has 4 nitrogen and oxygen atoms in total. The number of carbonyl (C=O) groups excluding carboxylic acids is 1. The van der Waals surface area contributed by atoms with Crippen molar-refractivity contribution in [3.63, 3.8) is 0 Å². The van der Waals surface area contributed by atoms with E-state index in [1.165, 1.54) is 11.3 Å². The molecule has 1 heterocycles. The maximum Gasteiger partial charge on any atom is 0.260 e. The minimum atomic E-state index is -0.382. The van der Waals surface area contributed by atoms with Gasteiger partial charge in [-0.1, -0.05) is 54.5 Å². The summed E-state index contributed by atoms with van der Waals surface area (Å²) in [4.78, 5) is 12.1. The molecule has 1 N–H and O–H groups in total. The van der Waals surface area contributed by atoms with Crippen molar-refractivity contribution >= 4 is 45.6 Å². The molecule has 0 aliphatic carbocycles. The fourth-order valence-corrected chi connectivity index (χ4v) is 3.13. The van der Waals surface area contributed by atoms with Gasteiger partial charge in [0.2, 0.25) is 5.13 Å². The number of nitrogens with one attached hydrogen (secondary N) is 1. The van der Waals surface area contributed by atoms with Crippen molar-refractivity contribution in [3.8, 4) is 0 Å². The summed E-state index contributed by atoms with van der Waals surface area (Å²) in [6.07, 6.45) is 0.834. The standard InChI is InChI=1S/C13H13Cl2N3OS/c1-7(2)6-10-17-18-13(20-10)16-12(19)11-8(14)4-3-5-9(11)15/h3-5,7H,6H2,1-2H3,(H,16,18,19). The van der Waals surface area contributed by atoms with Crippen molar-refractivity contribution < 1.29 is 4.79 Å². The quantitative estimate of drug-likeness (QED) is 0.909. The Kier molecular flexibility index (Phi) is 4.96. The molecule has 0 fully saturated rings. The van der Waals surface area contributed by atoms with Crippen LogP contribution in [0.5, 0.6) is 0 Å². The molecular weight excluding hydrogens is 317 g/mol. The van der Waals surface area contributed by atoms with Crippen LogP contribution in [0.15, 0.2) is 18.2 Å². The molecule has 0 aliphatic rings. The number of hydrogen-bond acceptors (Lipinski definition) is 4. The number of amides is 1. The summed E-state index contributed by atoms with van der Waals surface area (Å²) in [5, 5.41) is 12.6. The van der Waals surface area contributed by atoms with E-state index in [2.05, 4.69) is 29.4 Å². The summed E-state index contributed by atoms with van der Waals surface area (Å²) in [7, 11) is 0. The Morgan fingerprint density at radius 3 is 2.55 bits per heavy atom. The van der Waals surface area contributed by atoms with Gasteiger partial charge in [-0.2, -0.15) is 0 Å². The first-order chi connectivity index (χ1) is 9.47. The van der Waals surface area contributed by atoms with Crippen LogP contribution in [-0.4, -0.2) is 16.1 Å². The molecule has 1 aromatic heterocycles. The van der Waals surface area contributed by atoms with E-state index in [1.807, 2.05) is 0 Å². The van der Waals surface area contributed by atoms with E-state index in [1.54, 1.807) is 18.2 Å². The maximum atomic E-state index is 12.1. The van der Waals surface area contributed by atoms with E-state index in [0.29, 0.717) is 21.1 Å². The Balaban J connectivity index is 2.14. The maximum absolute atomic E-state index is 12.1. The summed E-state index contributed by atoms with van der Waals surface area (Å²) in [6, 6.07) is 4.92. The van der Waals surface area contributed by atoms with Gasteiger partial charge in [0.05, 0.1) is 15.6 Å². The Hall–Kier alpha value is -1.17. The molecule has 0 atom stereocenters. The molecule has 0 spiro atoms. The molecule has 2 rings (SSSR count). The number of halogens is 2. The van der Waals surface area contributed by atoms with Crippen LogP contribution in [0.3, 0.4) is 0 Å². The lowest BCUT2D eigenvalue weighted by molar-refractivity contribution is 0.102. The Morgan fingerprint density at radius 1 is 1.30 bits per heavy atom. The topological polar surface area (TPSA) is 54.9 Å². The molecule has 1 amide bonds. The van der Waals surface area contributed by atoms with E-state index in [4.69, 9.17) is 23.2 Å². The van der Waals surface area contributed by atoms with Crippen LogP contribution in [0, 0.1) is 5.92 Å². The van der Waals surface area contributed by atoms with Crippen LogP contribution in [0.25, 0.3) is 0 Å². The molecule has 0 bridgehead atoms. The van der Waals surface area contributed by atoms with Gasteiger partial charge in [-0.25, -0.2) is 0 Å². The largest absolute Gasteiger partial charge is 0.296 e. The summed E-state index contributed by atoms with van der Waals surface area (Å²) < 4.78 is 0. The highest BCUT2D eigenvalue weighted by Gasteiger charge is 2.16. The average molecular weight is 330 g/mol. The molecule has 0 saturated carbocycles. The second-order valence-corrected chi connectivity index (χ2v) is 6.53. The third-order valence-electron chi connectivity index (χ3n) is 2.46. The normalized spacial score (nSPS) is 10.8. The van der Waals surface area contributed by atoms with Crippen LogP contribution in [0.2, 0.25) is 10.0 Å². The van der Waals surface area contributed by atoms with Gasteiger partial charge in [-0.3, -0.25) is 10.1 Å². The van der Waals surface area contributed by atoms with Crippen LogP contribution < -0.4 is 5.32 Å². The predicted octanol–water partition coefficient (Wildman–Crippen LogP) is 4.30. The van der Waals surface area contributed by atoms with Crippen LogP contribution in [0.4, 0.5) is 5.13 Å². The number of carbonyl (C=O) groups is 1. The Bertz CT molecular complexity index is 608. The Labute approximate surface area is 131 Å². The predicted molar refractivity (Wildman–Crippen MR) is 82.9 cm³/mol. The van der Waals surface area contributed by atoms with Crippen molar-refractivity contribution in [3.05, 3.63) is 38.8 Å². The number of anilines is 1. The zero-order valence-corrected chi connectivity index (χ0v) is 13.3. The monoisotopic (exact) mass is 329 g/mol. The van der Waals surface area contributed by atoms with Gasteiger partial charge >= 0.3 is 0 Å². The molecule has 106 valence electrons. The summed E-state index contributed by atoms with van der Waals surface area (Å²) in [5.41, 5.74) is 0.247. The van der Waals surface area contributed by atoms with Gasteiger partial charge in [0, 0.05) is 6.42 Å². The molecule has 7 heteroatoms. The highest BCUT2D eigenvalue weighted by atomic mass is 35.5. The average Bonchev–Trinajstić information content (AvgIpc) is 2.75. The van der Waals surface area contributed by atoms with Crippen molar-refractivity contribution in [2.24, 2.45) is 5.92 Å². The highest BCUT2D eigenvalue weighted by Crippen LogP contribution is 2.26. The molecule has 2 aromatic rings. The fourth-order valence-electron chi connectivity index (χ4n) is 1.61. The number of nitrogens with zero attached hydrogens (tertiary/aromatic N) is 2. The second kappa shape index (κ2) is 6.52. The SMILES string of the molecule is CC(C)Cc1nnc(NC(=O)c2c(Cl)cccc2Cl)s1. The first-order valence-corrected chi connectivity index (χ1v) is 7.62. The van der Waals surface area contributed by atoms with Crippen LogP contribution in [-0.2, 0) is 6.42 Å². The van der Waals surface area contributed by atoms with Gasteiger partial charge in [-0.05, 0) is 18.1 Å². The Morgan fingerprint density at radius 2 is 1.95 bits per heavy atom. The summed E-state index contributed by atoms with van der Waals surface area (Å²) >= 11 is 13.3. The van der Waals surface area contributed by atoms with Crippen LogP contribution >= 0.6 is 34.5 Å². The molecule has 1 aromatic carbocycles. The molecule has 0 saturated heterocycles. The molecule has 20 heavy (non-hydrogen) atoms. The van der Waals surface area contributed by atoms with Crippen molar-refractivity contribution in [1.82, 2.24) is 10.2 Å². The van der Waals surface area contributed by atoms with Gasteiger partial charge in [0.15, 0.2) is 0 Å². The number of aromatic nitrogens is 2. The summed E-state index contributed by atoms with van der Waals surface area (Å²) in [5.74, 6) is 0.109. The van der Waals surface area contributed by atoms with Gasteiger partial charge in [0.25, 0.3) is 5.91 Å². The van der Waals surface area contributed by atoms with E-state index in [0.717, 1.165) is 11.4 Å². The van der Waals surface area contributed by atoms with E-state index >= 15 is 0 Å². The smallest absolute Gasteiger partial charge is 0.260 e. The first kappa shape index (κ1) is 15.2. The van der Waals surface area contributed by atoms with Crippen molar-refractivity contribution in [1.29, 1.82) is 0 Å². The second-order valence-electron chi connectivity index (χ2n) is 4.65. The minimum Gasteiger partial charge on any atom is -0.296 e. The third kappa shape index (κ3) is 3.69. The molecule has 0 aliphatic heterocycles. The van der Waals surface area contributed by atoms with E-state index in [-0.39, 0.29) is 11.5 Å². The lowest BCUT2D eigenvalue weighted by atomic mass is 10.1. The minimum absolute atomic E-state index is 0.247. The zero-order chi connectivity index (χ0) is 14.7. The number of benzene rings is 1. The molecule has 0 unspecified atom stereocenters. The van der Waals surface area contributed by atoms with Gasteiger partial charge in [-0.15, -0.1) is 10.2 Å². The number of hydrogen-bond donors (Lipinski definition) is 1. The van der Waals surface area contributed by atoms with E-state index < -0.39 is 0 Å². The molecule has 0 radical (unpaired) electrons. The lowest BCUT2D eigenvalue weighted by Crippen LogP contribution is -2.12. The zero-order valence-electron chi connectivity index (χ0n) is 11.0. The molecular formula is C13H13Cl2N3OS. The van der Waals surface area contributed by atoms with Gasteiger partial charge < -0.3 is 0 Å². The lowest BCUT2D eigenvalue weighted by Gasteiger charge is -2.05. The van der Waals surface area contributed by atoms with Crippen LogP contribution in [0.1, 0.15) is 29.2 Å².